The molecular weight excluding hydrogens is 226 g/mol. The van der Waals surface area contributed by atoms with Crippen LogP contribution in [0.15, 0.2) is 11.4 Å². The highest BCUT2D eigenvalue weighted by atomic mass is 32.2. The molecule has 1 aromatic rings. The van der Waals surface area contributed by atoms with Gasteiger partial charge in [-0.2, -0.15) is 11.8 Å². The highest BCUT2D eigenvalue weighted by molar-refractivity contribution is 7.98. The van der Waals surface area contributed by atoms with E-state index in [2.05, 4.69) is 17.0 Å². The Morgan fingerprint density at radius 2 is 2.33 bits per heavy atom. The van der Waals surface area contributed by atoms with Crippen molar-refractivity contribution in [3.63, 3.8) is 0 Å². The Bertz CT molecular complexity index is 263. The Morgan fingerprint density at radius 3 is 3.07 bits per heavy atom. The van der Waals surface area contributed by atoms with Crippen LogP contribution in [0.3, 0.4) is 0 Å². The standard InChI is InChI=1S/C11H19NOS2/c1-13-10-5-8-15-11(10)9-12-6-3-4-7-14-2/h5,8,12H,3-4,6-7,9H2,1-2H3. The van der Waals surface area contributed by atoms with Gasteiger partial charge in [-0.3, -0.25) is 0 Å². The molecule has 0 atom stereocenters. The van der Waals surface area contributed by atoms with Crippen LogP contribution in [0.5, 0.6) is 5.75 Å². The summed E-state index contributed by atoms with van der Waals surface area (Å²) in [4.78, 5) is 1.29. The van der Waals surface area contributed by atoms with Crippen molar-refractivity contribution >= 4 is 23.1 Å². The second-order valence-corrected chi connectivity index (χ2v) is 5.28. The predicted molar refractivity (Wildman–Crippen MR) is 70.2 cm³/mol. The maximum Gasteiger partial charge on any atom is 0.134 e. The van der Waals surface area contributed by atoms with Crippen LogP contribution in [0.2, 0.25) is 0 Å². The second kappa shape index (κ2) is 8.02. The molecule has 0 fully saturated rings. The average Bonchev–Trinajstić information content (AvgIpc) is 2.70. The minimum atomic E-state index is 0.931. The number of methoxy groups -OCH3 is 1. The lowest BCUT2D eigenvalue weighted by atomic mass is 10.3. The first kappa shape index (κ1) is 12.9. The second-order valence-electron chi connectivity index (χ2n) is 3.29. The van der Waals surface area contributed by atoms with Crippen LogP contribution in [-0.4, -0.2) is 25.7 Å². The van der Waals surface area contributed by atoms with Gasteiger partial charge in [0.1, 0.15) is 5.75 Å². The van der Waals surface area contributed by atoms with E-state index in [-0.39, 0.29) is 0 Å². The van der Waals surface area contributed by atoms with E-state index in [1.807, 2.05) is 17.8 Å². The topological polar surface area (TPSA) is 21.3 Å². The summed E-state index contributed by atoms with van der Waals surface area (Å²) in [6.07, 6.45) is 4.72. The molecule has 4 heteroatoms. The molecule has 2 nitrogen and oxygen atoms in total. The zero-order valence-electron chi connectivity index (χ0n) is 9.41. The molecule has 0 amide bonds. The summed E-state index contributed by atoms with van der Waals surface area (Å²) in [5, 5.41) is 5.52. The Labute approximate surface area is 100 Å². The molecule has 1 N–H and O–H groups in total. The first-order valence-electron chi connectivity index (χ1n) is 5.18. The Kier molecular flexibility index (Phi) is 6.88. The van der Waals surface area contributed by atoms with Gasteiger partial charge < -0.3 is 10.1 Å². The Balaban J connectivity index is 2.09. The molecule has 1 rings (SSSR count). The molecule has 0 saturated carbocycles. The van der Waals surface area contributed by atoms with Gasteiger partial charge in [-0.15, -0.1) is 11.3 Å². The number of rotatable bonds is 8. The van der Waals surface area contributed by atoms with Gasteiger partial charge >= 0.3 is 0 Å². The zero-order valence-corrected chi connectivity index (χ0v) is 11.0. The fraction of sp³-hybridized carbons (Fsp3) is 0.636. The number of nitrogens with one attached hydrogen (secondary N) is 1. The Morgan fingerprint density at radius 1 is 1.47 bits per heavy atom. The average molecular weight is 245 g/mol. The lowest BCUT2D eigenvalue weighted by Gasteiger charge is -2.04. The van der Waals surface area contributed by atoms with Gasteiger partial charge in [0.15, 0.2) is 0 Å². The highest BCUT2D eigenvalue weighted by Gasteiger charge is 2.02. The summed E-state index contributed by atoms with van der Waals surface area (Å²) in [7, 11) is 1.73. The molecule has 0 aliphatic rings. The molecule has 0 spiro atoms. The van der Waals surface area contributed by atoms with Crippen molar-refractivity contribution in [2.75, 3.05) is 25.7 Å². The van der Waals surface area contributed by atoms with Gasteiger partial charge in [-0.05, 0) is 42.8 Å². The predicted octanol–water partition coefficient (Wildman–Crippen LogP) is 2.99. The lowest BCUT2D eigenvalue weighted by Crippen LogP contribution is -2.14. The van der Waals surface area contributed by atoms with Crippen molar-refractivity contribution in [3.8, 4) is 5.75 Å². The smallest absolute Gasteiger partial charge is 0.134 e. The van der Waals surface area contributed by atoms with E-state index in [9.17, 15) is 0 Å². The highest BCUT2D eigenvalue weighted by Crippen LogP contribution is 2.23. The number of hydrogen-bond acceptors (Lipinski definition) is 4. The molecule has 0 aliphatic carbocycles. The molecule has 0 unspecified atom stereocenters. The van der Waals surface area contributed by atoms with Gasteiger partial charge in [-0.25, -0.2) is 0 Å². The van der Waals surface area contributed by atoms with E-state index >= 15 is 0 Å². The summed E-state index contributed by atoms with van der Waals surface area (Å²) in [6, 6.07) is 2.02. The maximum absolute atomic E-state index is 5.25. The van der Waals surface area contributed by atoms with E-state index in [4.69, 9.17) is 4.74 Å². The summed E-state index contributed by atoms with van der Waals surface area (Å²) < 4.78 is 5.25. The first-order valence-corrected chi connectivity index (χ1v) is 7.46. The van der Waals surface area contributed by atoms with Crippen molar-refractivity contribution in [1.29, 1.82) is 0 Å². The van der Waals surface area contributed by atoms with E-state index in [1.54, 1.807) is 18.4 Å². The number of hydrogen-bond donors (Lipinski definition) is 1. The van der Waals surface area contributed by atoms with Gasteiger partial charge in [0, 0.05) is 6.54 Å². The maximum atomic E-state index is 5.25. The monoisotopic (exact) mass is 245 g/mol. The van der Waals surface area contributed by atoms with Crippen LogP contribution in [0.25, 0.3) is 0 Å². The summed E-state index contributed by atoms with van der Waals surface area (Å²) in [6.45, 7) is 2.03. The summed E-state index contributed by atoms with van der Waals surface area (Å²) in [5.41, 5.74) is 0. The molecule has 15 heavy (non-hydrogen) atoms. The molecule has 1 aromatic heterocycles. The summed E-state index contributed by atoms with van der Waals surface area (Å²) >= 11 is 3.67. The zero-order chi connectivity index (χ0) is 10.9. The largest absolute Gasteiger partial charge is 0.496 e. The lowest BCUT2D eigenvalue weighted by molar-refractivity contribution is 0.410. The third-order valence-corrected chi connectivity index (χ3v) is 3.76. The number of unbranched alkanes of at least 4 members (excludes halogenated alkanes) is 1. The molecule has 1 heterocycles. The van der Waals surface area contributed by atoms with Gasteiger partial charge in [0.2, 0.25) is 0 Å². The van der Waals surface area contributed by atoms with Crippen LogP contribution >= 0.6 is 23.1 Å². The number of ether oxygens (including phenoxy) is 1. The van der Waals surface area contributed by atoms with Crippen LogP contribution in [0, 0.1) is 0 Å². The van der Waals surface area contributed by atoms with Crippen molar-refractivity contribution in [1.82, 2.24) is 5.32 Å². The first-order chi connectivity index (χ1) is 7.38. The minimum absolute atomic E-state index is 0.931. The Hall–Kier alpha value is -0.190. The van der Waals surface area contributed by atoms with E-state index in [0.717, 1.165) is 18.8 Å². The van der Waals surface area contributed by atoms with Crippen LogP contribution in [-0.2, 0) is 6.54 Å². The third-order valence-electron chi connectivity index (χ3n) is 2.16. The quantitative estimate of drug-likeness (QED) is 0.711. The SMILES string of the molecule is COc1ccsc1CNCCCCSC. The van der Waals surface area contributed by atoms with Crippen molar-refractivity contribution < 1.29 is 4.74 Å². The number of thiophene rings is 1. The molecule has 0 bridgehead atoms. The van der Waals surface area contributed by atoms with Crippen LogP contribution < -0.4 is 10.1 Å². The van der Waals surface area contributed by atoms with Gasteiger partial charge in [0.05, 0.1) is 12.0 Å². The fourth-order valence-electron chi connectivity index (χ4n) is 1.34. The third kappa shape index (κ3) is 4.91. The minimum Gasteiger partial charge on any atom is -0.496 e. The van der Waals surface area contributed by atoms with Crippen LogP contribution in [0.4, 0.5) is 0 Å². The molecule has 86 valence electrons. The summed E-state index contributed by atoms with van der Waals surface area (Å²) in [5.74, 6) is 2.28. The van der Waals surface area contributed by atoms with Crippen molar-refractivity contribution in [3.05, 3.63) is 16.3 Å². The van der Waals surface area contributed by atoms with E-state index in [1.165, 1.54) is 23.5 Å². The van der Waals surface area contributed by atoms with E-state index in [0.29, 0.717) is 0 Å². The fourth-order valence-corrected chi connectivity index (χ4v) is 2.64. The normalized spacial score (nSPS) is 10.5. The molecule has 0 aliphatic heterocycles. The molecule has 0 radical (unpaired) electrons. The van der Waals surface area contributed by atoms with Crippen LogP contribution in [0.1, 0.15) is 17.7 Å². The van der Waals surface area contributed by atoms with E-state index < -0.39 is 0 Å². The number of thioether (sulfide) groups is 1. The van der Waals surface area contributed by atoms with Crippen molar-refractivity contribution in [2.24, 2.45) is 0 Å². The van der Waals surface area contributed by atoms with Crippen molar-refractivity contribution in [2.45, 2.75) is 19.4 Å². The molecular formula is C11H19NOS2. The molecule has 0 saturated heterocycles. The van der Waals surface area contributed by atoms with Gasteiger partial charge in [0.25, 0.3) is 0 Å². The molecule has 0 aromatic carbocycles. The van der Waals surface area contributed by atoms with Gasteiger partial charge in [-0.1, -0.05) is 0 Å².